The number of anilines is 1. The highest BCUT2D eigenvalue weighted by Gasteiger charge is 2.30. The summed E-state index contributed by atoms with van der Waals surface area (Å²) in [6.07, 6.45) is 8.12. The Morgan fingerprint density at radius 1 is 0.951 bits per heavy atom. The van der Waals surface area contributed by atoms with E-state index in [1.165, 1.54) is 5.56 Å². The molecule has 0 radical (unpaired) electrons. The molecule has 3 heterocycles. The Hall–Kier alpha value is -4.07. The first-order valence-electron chi connectivity index (χ1n) is 14.4. The molecular formula is C34H38N4O3. The van der Waals surface area contributed by atoms with Crippen LogP contribution in [0.15, 0.2) is 72.8 Å². The minimum atomic E-state index is 0.0326. The van der Waals surface area contributed by atoms with Crippen LogP contribution in [0.5, 0.6) is 5.75 Å². The number of carbonyl (C=O) groups is 1. The number of hydrogen-bond donors (Lipinski definition) is 2. The number of likely N-dealkylation sites (tertiary alicyclic amines) is 1. The highest BCUT2D eigenvalue weighted by atomic mass is 16.5. The van der Waals surface area contributed by atoms with Gasteiger partial charge in [0.2, 0.25) is 5.91 Å². The van der Waals surface area contributed by atoms with Crippen LogP contribution in [0, 0.1) is 0 Å². The second kappa shape index (κ2) is 11.8. The predicted molar refractivity (Wildman–Crippen MR) is 163 cm³/mol. The fraction of sp³-hybridized carbons (Fsp3) is 0.324. The second-order valence-corrected chi connectivity index (χ2v) is 11.3. The van der Waals surface area contributed by atoms with Crippen molar-refractivity contribution in [3.63, 3.8) is 0 Å². The molecule has 0 bridgehead atoms. The summed E-state index contributed by atoms with van der Waals surface area (Å²) in [5.74, 6) is 0.963. The molecule has 0 aliphatic carbocycles. The van der Waals surface area contributed by atoms with E-state index in [-0.39, 0.29) is 24.2 Å². The Labute approximate surface area is 241 Å². The van der Waals surface area contributed by atoms with E-state index in [1.54, 1.807) is 7.11 Å². The number of ether oxygens (including phenoxy) is 2. The van der Waals surface area contributed by atoms with Crippen LogP contribution in [0.4, 0.5) is 5.69 Å². The van der Waals surface area contributed by atoms with Crippen molar-refractivity contribution >= 4 is 29.6 Å². The SMILES string of the molecule is COc1ccc(C2CCC(=O)N2C=c2ccc3c(c2)NNC=3C=Cc2ccc(CN3C[C@@H](C)O[C@@H](C)C3)cc2)cc1. The Balaban J connectivity index is 1.16. The predicted octanol–water partition coefficient (Wildman–Crippen LogP) is 4.16. The highest BCUT2D eigenvalue weighted by molar-refractivity contribution is 5.83. The van der Waals surface area contributed by atoms with Crippen molar-refractivity contribution in [1.82, 2.24) is 15.2 Å². The third-order valence-electron chi connectivity index (χ3n) is 8.03. The van der Waals surface area contributed by atoms with Gasteiger partial charge in [0.05, 0.1) is 36.7 Å². The molecule has 3 aromatic rings. The number of hydrogen-bond acceptors (Lipinski definition) is 6. The van der Waals surface area contributed by atoms with Crippen molar-refractivity contribution in [2.45, 2.75) is 51.5 Å². The van der Waals surface area contributed by atoms with Gasteiger partial charge >= 0.3 is 0 Å². The lowest BCUT2D eigenvalue weighted by molar-refractivity contribution is -0.125. The summed E-state index contributed by atoms with van der Waals surface area (Å²) in [6.45, 7) is 7.18. The number of rotatable bonds is 7. The Kier molecular flexibility index (Phi) is 7.81. The number of carbonyl (C=O) groups excluding carboxylic acids is 1. The molecular weight excluding hydrogens is 512 g/mol. The number of fused-ring (bicyclic) bond motifs is 1. The minimum Gasteiger partial charge on any atom is -0.497 e. The zero-order valence-electron chi connectivity index (χ0n) is 24.0. The average Bonchev–Trinajstić information content (AvgIpc) is 3.54. The average molecular weight is 551 g/mol. The molecule has 7 heteroatoms. The first-order valence-corrected chi connectivity index (χ1v) is 14.4. The smallest absolute Gasteiger partial charge is 0.227 e. The summed E-state index contributed by atoms with van der Waals surface area (Å²) >= 11 is 0. The maximum atomic E-state index is 12.8. The zero-order valence-corrected chi connectivity index (χ0v) is 24.0. The molecule has 0 saturated carbocycles. The maximum absolute atomic E-state index is 12.8. The Morgan fingerprint density at radius 3 is 2.44 bits per heavy atom. The van der Waals surface area contributed by atoms with Gasteiger partial charge in [0.25, 0.3) is 0 Å². The molecule has 3 aliphatic rings. The molecule has 0 aromatic heterocycles. The van der Waals surface area contributed by atoms with Gasteiger partial charge in [0, 0.05) is 37.5 Å². The molecule has 2 fully saturated rings. The fourth-order valence-electron chi connectivity index (χ4n) is 6.08. The zero-order chi connectivity index (χ0) is 28.3. The normalized spacial score (nSPS) is 23.1. The summed E-state index contributed by atoms with van der Waals surface area (Å²) in [6, 6.07) is 23.1. The van der Waals surface area contributed by atoms with Gasteiger partial charge < -0.3 is 25.2 Å². The van der Waals surface area contributed by atoms with Crippen molar-refractivity contribution in [2.75, 3.05) is 25.6 Å². The lowest BCUT2D eigenvalue weighted by atomic mass is 10.0. The number of nitrogens with one attached hydrogen (secondary N) is 2. The lowest BCUT2D eigenvalue weighted by Gasteiger charge is -2.35. The summed E-state index contributed by atoms with van der Waals surface area (Å²) < 4.78 is 11.2. The van der Waals surface area contributed by atoms with Crippen LogP contribution in [-0.2, 0) is 16.1 Å². The molecule has 3 atom stereocenters. The third-order valence-corrected chi connectivity index (χ3v) is 8.03. The molecule has 0 spiro atoms. The first-order chi connectivity index (χ1) is 19.9. The van der Waals surface area contributed by atoms with E-state index in [0.717, 1.165) is 64.8 Å². The lowest BCUT2D eigenvalue weighted by Crippen LogP contribution is -2.44. The summed E-state index contributed by atoms with van der Waals surface area (Å²) in [4.78, 5) is 17.1. The molecule has 2 saturated heterocycles. The van der Waals surface area contributed by atoms with E-state index in [2.05, 4.69) is 84.2 Å². The number of benzene rings is 3. The molecule has 3 aromatic carbocycles. The fourth-order valence-corrected chi connectivity index (χ4v) is 6.08. The Morgan fingerprint density at radius 2 is 1.71 bits per heavy atom. The van der Waals surface area contributed by atoms with Gasteiger partial charge in [-0.15, -0.1) is 0 Å². The summed E-state index contributed by atoms with van der Waals surface area (Å²) in [5, 5.41) is 2.08. The molecule has 41 heavy (non-hydrogen) atoms. The van der Waals surface area contributed by atoms with Gasteiger partial charge in [-0.25, -0.2) is 0 Å². The van der Waals surface area contributed by atoms with Crippen LogP contribution >= 0.6 is 0 Å². The highest BCUT2D eigenvalue weighted by Crippen LogP contribution is 2.34. The third kappa shape index (κ3) is 6.16. The van der Waals surface area contributed by atoms with Crippen LogP contribution < -0.4 is 26.0 Å². The number of morpholine rings is 1. The van der Waals surface area contributed by atoms with Crippen molar-refractivity contribution in [1.29, 1.82) is 0 Å². The van der Waals surface area contributed by atoms with Gasteiger partial charge in [-0.05, 0) is 66.5 Å². The summed E-state index contributed by atoms with van der Waals surface area (Å²) in [7, 11) is 1.66. The van der Waals surface area contributed by atoms with Gasteiger partial charge in [0.15, 0.2) is 0 Å². The summed E-state index contributed by atoms with van der Waals surface area (Å²) in [5.41, 5.74) is 12.2. The van der Waals surface area contributed by atoms with E-state index in [4.69, 9.17) is 9.47 Å². The monoisotopic (exact) mass is 550 g/mol. The van der Waals surface area contributed by atoms with E-state index < -0.39 is 0 Å². The standard InChI is InChI=1S/C34H38N4O3/c1-23-19-37(20-24(2)41-23)21-26-6-4-25(5-7-26)9-15-31-30-14-8-27(18-32(30)36-35-31)22-38-33(16-17-34(38)39)28-10-12-29(40-3)13-11-28/h4-15,18,22-24,33,35-36H,16-17,19-21H2,1-3H3/t23-,24+,33?. The molecule has 1 unspecified atom stereocenters. The van der Waals surface area contributed by atoms with Gasteiger partial charge in [0.1, 0.15) is 5.75 Å². The number of methoxy groups -OCH3 is 1. The quantitative estimate of drug-likeness (QED) is 0.461. The van der Waals surface area contributed by atoms with Crippen molar-refractivity contribution in [2.24, 2.45) is 0 Å². The van der Waals surface area contributed by atoms with Crippen LogP contribution in [0.1, 0.15) is 49.4 Å². The van der Waals surface area contributed by atoms with E-state index >= 15 is 0 Å². The van der Waals surface area contributed by atoms with Crippen molar-refractivity contribution in [3.05, 3.63) is 99.9 Å². The molecule has 7 nitrogen and oxygen atoms in total. The topological polar surface area (TPSA) is 66.1 Å². The van der Waals surface area contributed by atoms with Crippen LogP contribution in [0.25, 0.3) is 18.0 Å². The van der Waals surface area contributed by atoms with Crippen LogP contribution in [-0.4, -0.2) is 48.1 Å². The molecule has 6 rings (SSSR count). The van der Waals surface area contributed by atoms with Gasteiger partial charge in [-0.3, -0.25) is 9.69 Å². The molecule has 1 amide bonds. The van der Waals surface area contributed by atoms with Crippen LogP contribution in [0.2, 0.25) is 0 Å². The van der Waals surface area contributed by atoms with E-state index in [1.807, 2.05) is 35.4 Å². The first kappa shape index (κ1) is 27.1. The number of amides is 1. The number of nitrogens with zero attached hydrogens (tertiary/aromatic N) is 2. The second-order valence-electron chi connectivity index (χ2n) is 11.3. The van der Waals surface area contributed by atoms with E-state index in [9.17, 15) is 4.79 Å². The van der Waals surface area contributed by atoms with Crippen LogP contribution in [0.3, 0.4) is 0 Å². The Bertz CT molecular complexity index is 1540. The van der Waals surface area contributed by atoms with Crippen molar-refractivity contribution < 1.29 is 14.3 Å². The van der Waals surface area contributed by atoms with Gasteiger partial charge in [-0.2, -0.15) is 0 Å². The largest absolute Gasteiger partial charge is 0.497 e. The maximum Gasteiger partial charge on any atom is 0.227 e. The van der Waals surface area contributed by atoms with E-state index in [0.29, 0.717) is 6.42 Å². The van der Waals surface area contributed by atoms with Crippen molar-refractivity contribution in [3.8, 4) is 5.75 Å². The number of hydrazine groups is 1. The minimum absolute atomic E-state index is 0.0326. The molecule has 2 N–H and O–H groups in total. The molecule has 3 aliphatic heterocycles. The molecule has 212 valence electrons. The van der Waals surface area contributed by atoms with Gasteiger partial charge in [-0.1, -0.05) is 54.6 Å².